The molecule has 0 aliphatic carbocycles. The van der Waals surface area contributed by atoms with Gasteiger partial charge in [0.1, 0.15) is 6.10 Å². The molecule has 0 heterocycles. The van der Waals surface area contributed by atoms with Gasteiger partial charge in [0.2, 0.25) is 0 Å². The summed E-state index contributed by atoms with van der Waals surface area (Å²) >= 11 is 0. The Morgan fingerprint density at radius 3 is 2.21 bits per heavy atom. The molecule has 0 spiro atoms. The lowest BCUT2D eigenvalue weighted by atomic mass is 9.92. The third-order valence-corrected chi connectivity index (χ3v) is 2.11. The highest BCUT2D eigenvalue weighted by molar-refractivity contribution is 4.93. The molecule has 5 heteroatoms. The van der Waals surface area contributed by atoms with Crippen molar-refractivity contribution in [3.63, 3.8) is 0 Å². The van der Waals surface area contributed by atoms with Gasteiger partial charge in [0.15, 0.2) is 0 Å². The number of hydrogen-bond donors (Lipinski definition) is 5. The van der Waals surface area contributed by atoms with Crippen molar-refractivity contribution in [1.29, 1.82) is 0 Å². The maximum atomic E-state index is 9.54. The molecule has 84 valence electrons. The van der Waals surface area contributed by atoms with E-state index in [4.69, 9.17) is 10.2 Å². The topological polar surface area (TPSA) is 93.0 Å². The number of rotatable bonds is 7. The van der Waals surface area contributed by atoms with Crippen molar-refractivity contribution in [3.8, 4) is 0 Å². The van der Waals surface area contributed by atoms with Gasteiger partial charge in [0.05, 0.1) is 18.8 Å². The predicted octanol–water partition coefficient (Wildman–Crippen LogP) is -1.92. The Bertz CT molecular complexity index is 165. The van der Waals surface area contributed by atoms with Crippen molar-refractivity contribution in [2.45, 2.75) is 18.3 Å². The molecule has 0 fully saturated rings. The van der Waals surface area contributed by atoms with Gasteiger partial charge < -0.3 is 25.7 Å². The summed E-state index contributed by atoms with van der Waals surface area (Å²) in [6, 6.07) is 0. The van der Waals surface area contributed by atoms with Crippen LogP contribution >= 0.6 is 0 Å². The fraction of sp³-hybridized carbons (Fsp3) is 0.778. The van der Waals surface area contributed by atoms with Gasteiger partial charge in [0, 0.05) is 12.5 Å². The Kier molecular flexibility index (Phi) is 6.69. The average molecular weight is 205 g/mol. The molecule has 5 nitrogen and oxygen atoms in total. The van der Waals surface area contributed by atoms with Crippen LogP contribution in [0, 0.1) is 5.92 Å². The molecule has 0 aromatic carbocycles. The largest absolute Gasteiger partial charge is 0.394 e. The highest BCUT2D eigenvalue weighted by Gasteiger charge is 2.28. The zero-order valence-corrected chi connectivity index (χ0v) is 8.30. The van der Waals surface area contributed by atoms with Gasteiger partial charge in [-0.3, -0.25) is 0 Å². The fourth-order valence-corrected chi connectivity index (χ4v) is 1.23. The second kappa shape index (κ2) is 6.92. The van der Waals surface area contributed by atoms with E-state index in [1.165, 1.54) is 6.08 Å². The third-order valence-electron chi connectivity index (χ3n) is 2.11. The van der Waals surface area contributed by atoms with Crippen LogP contribution in [0.2, 0.25) is 0 Å². The lowest BCUT2D eigenvalue weighted by Crippen LogP contribution is -2.43. The summed E-state index contributed by atoms with van der Waals surface area (Å²) < 4.78 is 0. The highest BCUT2D eigenvalue weighted by atomic mass is 16.4. The molecular weight excluding hydrogens is 186 g/mol. The number of aliphatic hydroxyl groups excluding tert-OH is 4. The van der Waals surface area contributed by atoms with Gasteiger partial charge in [-0.2, -0.15) is 0 Å². The molecule has 0 amide bonds. The van der Waals surface area contributed by atoms with Crippen LogP contribution in [0.25, 0.3) is 0 Å². The lowest BCUT2D eigenvalue weighted by molar-refractivity contribution is -0.0595. The Balaban J connectivity index is 4.30. The molecule has 1 unspecified atom stereocenters. The summed E-state index contributed by atoms with van der Waals surface area (Å²) in [4.78, 5) is 0. The van der Waals surface area contributed by atoms with Crippen molar-refractivity contribution in [1.82, 2.24) is 5.32 Å². The second-order valence-corrected chi connectivity index (χ2v) is 3.18. The first-order valence-corrected chi connectivity index (χ1v) is 4.50. The second-order valence-electron chi connectivity index (χ2n) is 3.18. The monoisotopic (exact) mass is 205 g/mol. The average Bonchev–Trinajstić information content (AvgIpc) is 2.18. The number of hydrogen-bond acceptors (Lipinski definition) is 5. The van der Waals surface area contributed by atoms with E-state index in [-0.39, 0.29) is 6.54 Å². The number of likely N-dealkylation sites (N-methyl/N-ethyl adjacent to an activating group) is 1. The summed E-state index contributed by atoms with van der Waals surface area (Å²) in [5.41, 5.74) is 0. The van der Waals surface area contributed by atoms with Crippen LogP contribution in [0.15, 0.2) is 12.7 Å². The van der Waals surface area contributed by atoms with Crippen molar-refractivity contribution < 1.29 is 20.4 Å². The molecule has 0 bridgehead atoms. The van der Waals surface area contributed by atoms with E-state index in [0.29, 0.717) is 0 Å². The van der Waals surface area contributed by atoms with Gasteiger partial charge in [0.25, 0.3) is 0 Å². The quantitative estimate of drug-likeness (QED) is 0.313. The standard InChI is InChI=1S/C9H19NO4/c1-3-6(7(12)4-10-2)9(14)8(13)5-11/h3,6-14H,1,4-5H2,2H3/t6?,7-,8+,9-/m0/s1. The van der Waals surface area contributed by atoms with E-state index in [0.717, 1.165) is 0 Å². The molecule has 0 aliphatic rings. The van der Waals surface area contributed by atoms with Crippen molar-refractivity contribution in [2.24, 2.45) is 5.92 Å². The van der Waals surface area contributed by atoms with Crippen molar-refractivity contribution in [3.05, 3.63) is 12.7 Å². The van der Waals surface area contributed by atoms with Gasteiger partial charge in [-0.15, -0.1) is 6.58 Å². The van der Waals surface area contributed by atoms with Gasteiger partial charge >= 0.3 is 0 Å². The molecule has 0 saturated carbocycles. The summed E-state index contributed by atoms with van der Waals surface area (Å²) in [6.45, 7) is 3.20. The highest BCUT2D eigenvalue weighted by Crippen LogP contribution is 2.13. The van der Waals surface area contributed by atoms with E-state index >= 15 is 0 Å². The van der Waals surface area contributed by atoms with Crippen LogP contribution in [-0.2, 0) is 0 Å². The molecule has 14 heavy (non-hydrogen) atoms. The van der Waals surface area contributed by atoms with Crippen LogP contribution in [-0.4, -0.2) is 58.9 Å². The summed E-state index contributed by atoms with van der Waals surface area (Å²) in [5.74, 6) is -0.662. The number of aliphatic hydroxyl groups is 4. The normalized spacial score (nSPS) is 19.8. The number of nitrogens with one attached hydrogen (secondary N) is 1. The molecule has 0 aliphatic heterocycles. The van der Waals surface area contributed by atoms with Crippen LogP contribution in [0.3, 0.4) is 0 Å². The molecule has 0 aromatic rings. The maximum Gasteiger partial charge on any atom is 0.104 e. The van der Waals surface area contributed by atoms with E-state index in [2.05, 4.69) is 11.9 Å². The van der Waals surface area contributed by atoms with Crippen molar-refractivity contribution >= 4 is 0 Å². The van der Waals surface area contributed by atoms with E-state index in [1.807, 2.05) is 0 Å². The van der Waals surface area contributed by atoms with E-state index in [9.17, 15) is 10.2 Å². The van der Waals surface area contributed by atoms with E-state index < -0.39 is 30.8 Å². The molecule has 4 atom stereocenters. The van der Waals surface area contributed by atoms with Crippen molar-refractivity contribution in [2.75, 3.05) is 20.2 Å². The maximum absolute atomic E-state index is 9.54. The van der Waals surface area contributed by atoms with E-state index in [1.54, 1.807) is 7.05 Å². The first-order chi connectivity index (χ1) is 6.58. The van der Waals surface area contributed by atoms with Crippen LogP contribution < -0.4 is 5.32 Å². The summed E-state index contributed by atoms with van der Waals surface area (Å²) in [5, 5.41) is 39.6. The van der Waals surface area contributed by atoms with Gasteiger partial charge in [-0.05, 0) is 7.05 Å². The van der Waals surface area contributed by atoms with Crippen LogP contribution in [0.1, 0.15) is 0 Å². The first kappa shape index (κ1) is 13.5. The van der Waals surface area contributed by atoms with Crippen LogP contribution in [0.4, 0.5) is 0 Å². The first-order valence-electron chi connectivity index (χ1n) is 4.50. The SMILES string of the molecule is C=CC([C@@H](O)CNC)[C@H](O)[C@H](O)CO. The minimum absolute atomic E-state index is 0.284. The zero-order valence-electron chi connectivity index (χ0n) is 8.30. The molecule has 5 N–H and O–H groups in total. The minimum Gasteiger partial charge on any atom is -0.394 e. The Morgan fingerprint density at radius 2 is 1.86 bits per heavy atom. The lowest BCUT2D eigenvalue weighted by Gasteiger charge is -2.27. The Morgan fingerprint density at radius 1 is 1.29 bits per heavy atom. The van der Waals surface area contributed by atoms with Crippen LogP contribution in [0.5, 0.6) is 0 Å². The molecule has 0 saturated heterocycles. The predicted molar refractivity (Wildman–Crippen MR) is 52.7 cm³/mol. The molecule has 0 radical (unpaired) electrons. The molecular formula is C9H19NO4. The zero-order chi connectivity index (χ0) is 11.1. The summed E-state index contributed by atoms with van der Waals surface area (Å²) in [7, 11) is 1.66. The Labute approximate surface area is 83.7 Å². The molecule has 0 aromatic heterocycles. The Hall–Kier alpha value is -0.460. The smallest absolute Gasteiger partial charge is 0.104 e. The molecule has 0 rings (SSSR count). The summed E-state index contributed by atoms with van der Waals surface area (Å²) in [6.07, 6.45) is -1.94. The van der Waals surface area contributed by atoms with Gasteiger partial charge in [-0.1, -0.05) is 6.08 Å². The minimum atomic E-state index is -1.26. The fourth-order valence-electron chi connectivity index (χ4n) is 1.23. The third kappa shape index (κ3) is 3.73. The van der Waals surface area contributed by atoms with Gasteiger partial charge in [-0.25, -0.2) is 0 Å².